The Labute approximate surface area is 291 Å². The molecule has 0 aliphatic carbocycles. The number of allylic oxidation sites excluding steroid dienone is 1. The molecule has 0 radical (unpaired) electrons. The Morgan fingerprint density at radius 2 is 1.31 bits per heavy atom. The van der Waals surface area contributed by atoms with Crippen LogP contribution >= 0.6 is 0 Å². The van der Waals surface area contributed by atoms with Crippen LogP contribution in [0.25, 0.3) is 6.08 Å². The van der Waals surface area contributed by atoms with E-state index in [1.54, 1.807) is 0 Å². The minimum absolute atomic E-state index is 0.109. The summed E-state index contributed by atoms with van der Waals surface area (Å²) in [4.78, 5) is 27.4. The van der Waals surface area contributed by atoms with Crippen molar-refractivity contribution in [2.24, 2.45) is 29.5 Å². The van der Waals surface area contributed by atoms with Crippen LogP contribution in [0, 0.1) is 23.7 Å². The first-order valence-corrected chi connectivity index (χ1v) is 20.0. The van der Waals surface area contributed by atoms with Crippen LogP contribution in [0.4, 0.5) is 0 Å². The number of ether oxygens (including phenoxy) is 1. The van der Waals surface area contributed by atoms with Crippen molar-refractivity contribution in [2.75, 3.05) is 0 Å². The van der Waals surface area contributed by atoms with Crippen molar-refractivity contribution in [3.05, 3.63) is 103 Å². The maximum atomic E-state index is 14.0. The predicted octanol–water partition coefficient (Wildman–Crippen LogP) is 8.55. The van der Waals surface area contributed by atoms with Gasteiger partial charge < -0.3 is 4.74 Å². The number of unbranched alkanes of at least 4 members (excludes halogenated alkanes) is 2. The number of nitrogens with two attached hydrogens (primary N) is 1. The quantitative estimate of drug-likeness (QED) is 0.0400. The fraction of sp³-hybridized carbons (Fsp3) is 0.476. The molecule has 5 nitrogen and oxygen atoms in total. The van der Waals surface area contributed by atoms with Gasteiger partial charge in [0.2, 0.25) is 5.91 Å². The van der Waals surface area contributed by atoms with E-state index in [0.717, 1.165) is 37.3 Å². The van der Waals surface area contributed by atoms with E-state index in [1.165, 1.54) is 10.4 Å². The predicted molar refractivity (Wildman–Crippen MR) is 204 cm³/mol. The highest BCUT2D eigenvalue weighted by Gasteiger charge is 2.47. The molecule has 0 aliphatic heterocycles. The third-order valence-electron chi connectivity index (χ3n) is 9.52. The van der Waals surface area contributed by atoms with E-state index in [1.807, 2.05) is 39.0 Å². The van der Waals surface area contributed by atoms with E-state index in [0.29, 0.717) is 6.42 Å². The molecule has 260 valence electrons. The first kappa shape index (κ1) is 39.0. The molecule has 0 fully saturated rings. The van der Waals surface area contributed by atoms with Gasteiger partial charge in [0.15, 0.2) is 0 Å². The molecule has 0 aliphatic rings. The van der Waals surface area contributed by atoms with Gasteiger partial charge in [-0.1, -0.05) is 167 Å². The fourth-order valence-corrected chi connectivity index (χ4v) is 13.0. The van der Waals surface area contributed by atoms with Crippen molar-refractivity contribution in [3.8, 4) is 0 Å². The van der Waals surface area contributed by atoms with Crippen molar-refractivity contribution in [2.45, 2.75) is 104 Å². The Bertz CT molecular complexity index is 1390. The third-order valence-corrected chi connectivity index (χ3v) is 15.8. The Kier molecular flexibility index (Phi) is 14.4. The number of carbonyl (C=O) groups excluding carboxylic acids is 2. The van der Waals surface area contributed by atoms with Gasteiger partial charge in [-0.2, -0.15) is 0 Å². The molecule has 3 aromatic carbocycles. The minimum Gasteiger partial charge on any atom is -0.460 e. The zero-order chi connectivity index (χ0) is 35.4. The Balaban J connectivity index is 1.95. The lowest BCUT2D eigenvalue weighted by molar-refractivity contribution is -0.166. The van der Waals surface area contributed by atoms with Crippen LogP contribution in [0.15, 0.2) is 97.1 Å². The summed E-state index contributed by atoms with van der Waals surface area (Å²) < 4.78 is 6.01. The van der Waals surface area contributed by atoms with E-state index in [-0.39, 0.29) is 28.8 Å². The van der Waals surface area contributed by atoms with Crippen molar-refractivity contribution < 1.29 is 14.3 Å². The maximum Gasteiger partial charge on any atom is 0.310 e. The topological polar surface area (TPSA) is 81.4 Å². The lowest BCUT2D eigenvalue weighted by Crippen LogP contribution is -2.64. The molecule has 1 unspecified atom stereocenters. The zero-order valence-electron chi connectivity index (χ0n) is 30.7. The molecule has 3 rings (SSSR count). The Morgan fingerprint density at radius 1 is 0.792 bits per heavy atom. The summed E-state index contributed by atoms with van der Waals surface area (Å²) in [6, 6.07) is 33.5. The second-order valence-electron chi connectivity index (χ2n) is 15.7. The standard InChI is InChI=1S/C42H60N2O3Si/c1-32(2)31-37(39(45)44-43)38(40(46)47-41(3,4)5)34(29-28-33-21-13-9-14-22-33)23-15-12-20-30-48(42(6,7)8,35-24-16-10-17-25-35)36-26-18-11-19-27-36/h9-11,13-14,16-19,21-22,24-29,32,34,37-38H,12,15,20,23,30-31,43H2,1-8H3,(H,44,45)/b29-28+/t34?,37-,38+/m1/s1. The Hall–Kier alpha value is -3.48. The SMILES string of the molecule is CC(C)C[C@@H](C(=O)NN)[C@@H](C(=O)OC(C)(C)C)C(/C=C/c1ccccc1)CCCCC[Si](c1ccccc1)(c1ccccc1)C(C)(C)C. The van der Waals surface area contributed by atoms with Gasteiger partial charge in [-0.25, -0.2) is 5.84 Å². The summed E-state index contributed by atoms with van der Waals surface area (Å²) in [7, 11) is -2.16. The number of carbonyl (C=O) groups is 2. The van der Waals surface area contributed by atoms with Crippen LogP contribution in [0.2, 0.25) is 11.1 Å². The molecule has 3 aromatic rings. The van der Waals surface area contributed by atoms with Crippen molar-refractivity contribution >= 4 is 36.4 Å². The number of rotatable bonds is 16. The number of benzene rings is 3. The first-order chi connectivity index (χ1) is 22.7. The molecule has 6 heteroatoms. The van der Waals surface area contributed by atoms with E-state index >= 15 is 0 Å². The average molecular weight is 669 g/mol. The van der Waals surface area contributed by atoms with Crippen LogP contribution in [0.1, 0.15) is 93.1 Å². The molecule has 0 saturated carbocycles. The van der Waals surface area contributed by atoms with Crippen LogP contribution in [-0.4, -0.2) is 25.6 Å². The molecule has 0 heterocycles. The summed E-state index contributed by atoms with van der Waals surface area (Å²) in [6.45, 7) is 17.0. The van der Waals surface area contributed by atoms with Gasteiger partial charge in [0, 0.05) is 0 Å². The van der Waals surface area contributed by atoms with Crippen molar-refractivity contribution in [3.63, 3.8) is 0 Å². The number of nitrogens with one attached hydrogen (secondary N) is 1. The molecular weight excluding hydrogens is 609 g/mol. The zero-order valence-corrected chi connectivity index (χ0v) is 31.7. The molecule has 0 bridgehead atoms. The second kappa shape index (κ2) is 17.8. The van der Waals surface area contributed by atoms with Gasteiger partial charge in [0.25, 0.3) is 0 Å². The second-order valence-corrected chi connectivity index (χ2v) is 20.7. The van der Waals surface area contributed by atoms with Crippen LogP contribution in [-0.2, 0) is 14.3 Å². The molecule has 0 aromatic heterocycles. The van der Waals surface area contributed by atoms with Gasteiger partial charge >= 0.3 is 5.97 Å². The summed E-state index contributed by atoms with van der Waals surface area (Å²) in [6.07, 6.45) is 8.55. The number of hydrazine groups is 1. The van der Waals surface area contributed by atoms with Gasteiger partial charge in [0.1, 0.15) is 13.7 Å². The van der Waals surface area contributed by atoms with Crippen LogP contribution in [0.3, 0.4) is 0 Å². The Morgan fingerprint density at radius 3 is 1.77 bits per heavy atom. The number of esters is 1. The maximum absolute atomic E-state index is 14.0. The molecular formula is C42H60N2O3Si. The van der Waals surface area contributed by atoms with E-state index in [9.17, 15) is 9.59 Å². The summed E-state index contributed by atoms with van der Waals surface area (Å²) in [5.41, 5.74) is 2.75. The van der Waals surface area contributed by atoms with Gasteiger partial charge in [-0.05, 0) is 62.1 Å². The fourth-order valence-electron chi connectivity index (χ4n) is 7.32. The third kappa shape index (κ3) is 10.8. The van der Waals surface area contributed by atoms with E-state index in [2.05, 4.69) is 125 Å². The molecule has 0 saturated heterocycles. The molecule has 3 N–H and O–H groups in total. The van der Waals surface area contributed by atoms with E-state index < -0.39 is 25.5 Å². The largest absolute Gasteiger partial charge is 0.460 e. The first-order valence-electron chi connectivity index (χ1n) is 17.8. The monoisotopic (exact) mass is 668 g/mol. The van der Waals surface area contributed by atoms with Gasteiger partial charge in [-0.15, -0.1) is 0 Å². The number of hydrogen-bond donors (Lipinski definition) is 2. The van der Waals surface area contributed by atoms with E-state index in [4.69, 9.17) is 10.6 Å². The summed E-state index contributed by atoms with van der Waals surface area (Å²) >= 11 is 0. The van der Waals surface area contributed by atoms with Gasteiger partial charge in [0.05, 0.1) is 11.8 Å². The smallest absolute Gasteiger partial charge is 0.310 e. The van der Waals surface area contributed by atoms with Crippen LogP contribution in [0.5, 0.6) is 0 Å². The molecule has 0 spiro atoms. The summed E-state index contributed by atoms with van der Waals surface area (Å²) in [5, 5.41) is 3.06. The van der Waals surface area contributed by atoms with Crippen LogP contribution < -0.4 is 21.6 Å². The highest BCUT2D eigenvalue weighted by Crippen LogP contribution is 2.40. The normalized spacial score (nSPS) is 14.5. The number of hydrogen-bond acceptors (Lipinski definition) is 4. The lowest BCUT2D eigenvalue weighted by atomic mass is 9.74. The lowest BCUT2D eigenvalue weighted by Gasteiger charge is -2.44. The molecule has 1 amide bonds. The highest BCUT2D eigenvalue weighted by molar-refractivity contribution is 7.04. The van der Waals surface area contributed by atoms with Crippen molar-refractivity contribution in [1.82, 2.24) is 5.43 Å². The van der Waals surface area contributed by atoms with Gasteiger partial charge in [-0.3, -0.25) is 15.0 Å². The summed E-state index contributed by atoms with van der Waals surface area (Å²) in [5.74, 6) is 3.80. The average Bonchev–Trinajstić information content (AvgIpc) is 3.04. The molecule has 48 heavy (non-hydrogen) atoms. The number of amides is 1. The van der Waals surface area contributed by atoms with Crippen molar-refractivity contribution in [1.29, 1.82) is 0 Å². The minimum atomic E-state index is -2.16. The molecule has 3 atom stereocenters. The highest BCUT2D eigenvalue weighted by atomic mass is 28.3.